The summed E-state index contributed by atoms with van der Waals surface area (Å²) in [6.07, 6.45) is -0.401. The minimum atomic E-state index is -4.86. The number of alkyl carbamates (subject to hydrolysis) is 1. The molecular weight excluding hydrogens is 439 g/mol. The van der Waals surface area contributed by atoms with Gasteiger partial charge in [-0.1, -0.05) is 44.2 Å². The van der Waals surface area contributed by atoms with Crippen molar-refractivity contribution in [2.75, 3.05) is 6.61 Å². The zero-order chi connectivity index (χ0) is 24.5. The van der Waals surface area contributed by atoms with Gasteiger partial charge in [0.15, 0.2) is 5.78 Å². The number of ketones is 1. The van der Waals surface area contributed by atoms with Crippen LogP contribution in [0.25, 0.3) is 0 Å². The number of ether oxygens (including phenoxy) is 1. The molecule has 0 radical (unpaired) electrons. The molecule has 0 fully saturated rings. The first-order valence-electron chi connectivity index (χ1n) is 10.2. The van der Waals surface area contributed by atoms with E-state index in [4.69, 9.17) is 14.5 Å². The van der Waals surface area contributed by atoms with Gasteiger partial charge >= 0.3 is 13.9 Å². The molecule has 0 aromatic heterocycles. The first kappa shape index (κ1) is 27.8. The molecule has 4 N–H and O–H groups in total. The van der Waals surface area contributed by atoms with Crippen molar-refractivity contribution in [2.45, 2.75) is 65.1 Å². The second kappa shape index (κ2) is 12.1. The molecule has 1 rings (SSSR count). The molecule has 32 heavy (non-hydrogen) atoms. The van der Waals surface area contributed by atoms with E-state index in [1.54, 1.807) is 51.1 Å². The largest absolute Gasteiger partial charge is 0.470 e. The van der Waals surface area contributed by atoms with Crippen LogP contribution < -0.4 is 10.6 Å². The van der Waals surface area contributed by atoms with Gasteiger partial charge < -0.3 is 25.2 Å². The molecule has 0 saturated heterocycles. The van der Waals surface area contributed by atoms with E-state index in [1.807, 2.05) is 13.8 Å². The fourth-order valence-corrected chi connectivity index (χ4v) is 3.06. The summed E-state index contributed by atoms with van der Waals surface area (Å²) >= 11 is 0. The van der Waals surface area contributed by atoms with Crippen LogP contribution in [0, 0.1) is 5.92 Å². The number of Topliss-reactive ketones (excluding diaryl/α,β-unsaturated/α-hetero) is 1. The van der Waals surface area contributed by atoms with Crippen molar-refractivity contribution in [1.82, 2.24) is 10.6 Å². The molecule has 11 heteroatoms. The molecule has 0 aliphatic rings. The lowest BCUT2D eigenvalue weighted by molar-refractivity contribution is -0.130. The lowest BCUT2D eigenvalue weighted by atomic mass is 10.00. The smallest absolute Gasteiger partial charge is 0.444 e. The van der Waals surface area contributed by atoms with Crippen LogP contribution in [0.2, 0.25) is 0 Å². The number of rotatable bonds is 11. The maximum Gasteiger partial charge on any atom is 0.470 e. The van der Waals surface area contributed by atoms with E-state index in [2.05, 4.69) is 15.2 Å². The standard InChI is InChI=1S/C21H33N2O8P/c1-14(2)11-17(23-20(26)31-21(3,4)5)19(25)22-16(12-15-9-7-6-8-10-15)18(24)13-30-32(27,28)29/h6-10,14,16-17H,11-13H2,1-5H3,(H,22,25)(H,23,26)(H2,27,28,29)/t16-,17-/m0/s1. The Kier molecular flexibility index (Phi) is 10.5. The number of hydrogen-bond acceptors (Lipinski definition) is 6. The Morgan fingerprint density at radius 3 is 2.12 bits per heavy atom. The Balaban J connectivity index is 3.00. The summed E-state index contributed by atoms with van der Waals surface area (Å²) in [5.41, 5.74) is -0.0305. The Bertz CT molecular complexity index is 817. The topological polar surface area (TPSA) is 151 Å². The normalized spacial score (nSPS) is 13.9. The maximum absolute atomic E-state index is 13.0. The SMILES string of the molecule is CC(C)C[C@H](NC(=O)OC(C)(C)C)C(=O)N[C@@H](Cc1ccccc1)C(=O)COP(=O)(O)O. The van der Waals surface area contributed by atoms with Crippen LogP contribution in [-0.2, 0) is 29.8 Å². The van der Waals surface area contributed by atoms with Crippen LogP contribution in [0.4, 0.5) is 4.79 Å². The Labute approximate surface area is 188 Å². The quantitative estimate of drug-likeness (QED) is 0.358. The van der Waals surface area contributed by atoms with E-state index in [0.29, 0.717) is 0 Å². The molecule has 2 amide bonds. The van der Waals surface area contributed by atoms with Gasteiger partial charge in [0.2, 0.25) is 5.91 Å². The van der Waals surface area contributed by atoms with E-state index < -0.39 is 49.9 Å². The third kappa shape index (κ3) is 12.0. The van der Waals surface area contributed by atoms with Gasteiger partial charge in [0.05, 0.1) is 6.04 Å². The molecular formula is C21H33N2O8P. The van der Waals surface area contributed by atoms with Gasteiger partial charge in [-0.25, -0.2) is 9.36 Å². The van der Waals surface area contributed by atoms with Gasteiger partial charge in [-0.05, 0) is 45.1 Å². The zero-order valence-electron chi connectivity index (χ0n) is 19.0. The molecule has 0 aliphatic heterocycles. The number of carbonyl (C=O) groups excluding carboxylic acids is 3. The number of carbonyl (C=O) groups is 3. The average molecular weight is 472 g/mol. The molecule has 0 heterocycles. The van der Waals surface area contributed by atoms with Gasteiger partial charge in [-0.2, -0.15) is 0 Å². The summed E-state index contributed by atoms with van der Waals surface area (Å²) in [5.74, 6) is -1.29. The summed E-state index contributed by atoms with van der Waals surface area (Å²) in [5, 5.41) is 5.11. The third-order valence-electron chi connectivity index (χ3n) is 4.08. The number of hydrogen-bond donors (Lipinski definition) is 4. The predicted molar refractivity (Wildman–Crippen MR) is 118 cm³/mol. The van der Waals surface area contributed by atoms with Crippen molar-refractivity contribution in [2.24, 2.45) is 5.92 Å². The molecule has 0 bridgehead atoms. The number of nitrogens with one attached hydrogen (secondary N) is 2. The van der Waals surface area contributed by atoms with Gasteiger partial charge in [-0.15, -0.1) is 0 Å². The Hall–Kier alpha value is -2.26. The highest BCUT2D eigenvalue weighted by molar-refractivity contribution is 7.46. The molecule has 1 aromatic carbocycles. The van der Waals surface area contributed by atoms with Crippen molar-refractivity contribution in [3.8, 4) is 0 Å². The van der Waals surface area contributed by atoms with Gasteiger partial charge in [0, 0.05) is 0 Å². The first-order valence-corrected chi connectivity index (χ1v) is 11.8. The summed E-state index contributed by atoms with van der Waals surface area (Å²) in [7, 11) is -4.86. The van der Waals surface area contributed by atoms with E-state index >= 15 is 0 Å². The number of benzene rings is 1. The molecule has 0 saturated carbocycles. The van der Waals surface area contributed by atoms with E-state index in [0.717, 1.165) is 5.56 Å². The fourth-order valence-electron chi connectivity index (χ4n) is 2.77. The van der Waals surface area contributed by atoms with Crippen molar-refractivity contribution < 1.29 is 38.0 Å². The second-order valence-electron chi connectivity index (χ2n) is 8.81. The van der Waals surface area contributed by atoms with Crippen LogP contribution in [-0.4, -0.2) is 51.9 Å². The number of phosphoric acid groups is 1. The molecule has 0 spiro atoms. The summed E-state index contributed by atoms with van der Waals surface area (Å²) in [6.45, 7) is 7.95. The third-order valence-corrected chi connectivity index (χ3v) is 4.54. The highest BCUT2D eigenvalue weighted by Crippen LogP contribution is 2.35. The minimum Gasteiger partial charge on any atom is -0.444 e. The van der Waals surface area contributed by atoms with Crippen LogP contribution in [0.5, 0.6) is 0 Å². The van der Waals surface area contributed by atoms with Crippen LogP contribution >= 0.6 is 7.82 Å². The Morgan fingerprint density at radius 2 is 1.62 bits per heavy atom. The lowest BCUT2D eigenvalue weighted by Gasteiger charge is -2.26. The molecule has 10 nitrogen and oxygen atoms in total. The molecule has 2 atom stereocenters. The van der Waals surface area contributed by atoms with Crippen molar-refractivity contribution in [3.63, 3.8) is 0 Å². The minimum absolute atomic E-state index is 0.0435. The van der Waals surface area contributed by atoms with Gasteiger partial charge in [-0.3, -0.25) is 14.1 Å². The van der Waals surface area contributed by atoms with Gasteiger partial charge in [0.1, 0.15) is 18.2 Å². The Morgan fingerprint density at radius 1 is 1.03 bits per heavy atom. The molecule has 180 valence electrons. The molecule has 0 aliphatic carbocycles. The fraction of sp³-hybridized carbons (Fsp3) is 0.571. The van der Waals surface area contributed by atoms with Crippen molar-refractivity contribution in [3.05, 3.63) is 35.9 Å². The first-order chi connectivity index (χ1) is 14.7. The van der Waals surface area contributed by atoms with Crippen molar-refractivity contribution in [1.29, 1.82) is 0 Å². The second-order valence-corrected chi connectivity index (χ2v) is 10.0. The van der Waals surface area contributed by atoms with Crippen LogP contribution in [0.3, 0.4) is 0 Å². The average Bonchev–Trinajstić information content (AvgIpc) is 2.63. The zero-order valence-corrected chi connectivity index (χ0v) is 19.9. The lowest BCUT2D eigenvalue weighted by Crippen LogP contribution is -2.53. The maximum atomic E-state index is 13.0. The van der Waals surface area contributed by atoms with E-state index in [9.17, 15) is 18.9 Å². The van der Waals surface area contributed by atoms with Crippen molar-refractivity contribution >= 4 is 25.6 Å². The summed E-state index contributed by atoms with van der Waals surface area (Å²) in [4.78, 5) is 55.5. The number of amides is 2. The predicted octanol–water partition coefficient (Wildman–Crippen LogP) is 2.33. The highest BCUT2D eigenvalue weighted by atomic mass is 31.2. The van der Waals surface area contributed by atoms with E-state index in [1.165, 1.54) is 0 Å². The summed E-state index contributed by atoms with van der Waals surface area (Å²) in [6, 6.07) is 6.72. The van der Waals surface area contributed by atoms with Gasteiger partial charge in [0.25, 0.3) is 0 Å². The van der Waals surface area contributed by atoms with E-state index in [-0.39, 0.29) is 18.8 Å². The highest BCUT2D eigenvalue weighted by Gasteiger charge is 2.30. The number of phosphoric ester groups is 1. The molecule has 1 aromatic rings. The monoisotopic (exact) mass is 472 g/mol. The van der Waals surface area contributed by atoms with Crippen LogP contribution in [0.1, 0.15) is 46.6 Å². The molecule has 0 unspecified atom stereocenters. The summed E-state index contributed by atoms with van der Waals surface area (Å²) < 4.78 is 20.5. The van der Waals surface area contributed by atoms with Crippen LogP contribution in [0.15, 0.2) is 30.3 Å².